The van der Waals surface area contributed by atoms with Crippen LogP contribution in [0.25, 0.3) is 0 Å². The zero-order chi connectivity index (χ0) is 22.5. The summed E-state index contributed by atoms with van der Waals surface area (Å²) in [5, 5.41) is 12.6. The maximum Gasteiger partial charge on any atom is 0.290 e. The highest BCUT2D eigenvalue weighted by molar-refractivity contribution is 7.12. The molecule has 1 amide bonds. The molecular formula is C24H26N2O5S. The van der Waals surface area contributed by atoms with Crippen LogP contribution >= 0.6 is 11.3 Å². The quantitative estimate of drug-likeness (QED) is 0.463. The summed E-state index contributed by atoms with van der Waals surface area (Å²) >= 11 is 1.29. The van der Waals surface area contributed by atoms with Crippen molar-refractivity contribution in [2.75, 3.05) is 46.0 Å². The Kier molecular flexibility index (Phi) is 7.04. The number of amides is 1. The van der Waals surface area contributed by atoms with E-state index in [1.54, 1.807) is 28.5 Å². The van der Waals surface area contributed by atoms with Crippen molar-refractivity contribution in [2.45, 2.75) is 6.04 Å². The minimum Gasteiger partial charge on any atom is -0.503 e. The third kappa shape index (κ3) is 4.62. The molecule has 168 valence electrons. The first kappa shape index (κ1) is 22.3. The molecule has 0 spiro atoms. The first-order chi connectivity index (χ1) is 15.6. The number of aliphatic hydroxyl groups is 1. The monoisotopic (exact) mass is 454 g/mol. The van der Waals surface area contributed by atoms with Gasteiger partial charge in [-0.15, -0.1) is 11.3 Å². The SMILES string of the molecule is C=CCOc1cccc([C@H]2C(C(=O)c3cccs3)=C(O)C(=O)N2CCN2CCOCC2)c1. The summed E-state index contributed by atoms with van der Waals surface area (Å²) in [6, 6.07) is 10.1. The number of thiophene rings is 1. The fourth-order valence-corrected chi connectivity index (χ4v) is 4.68. The minimum absolute atomic E-state index is 0.111. The fourth-order valence-electron chi connectivity index (χ4n) is 4.01. The average Bonchev–Trinajstić information content (AvgIpc) is 3.44. The van der Waals surface area contributed by atoms with Gasteiger partial charge in [-0.2, -0.15) is 0 Å². The van der Waals surface area contributed by atoms with Crippen molar-refractivity contribution in [1.29, 1.82) is 0 Å². The summed E-state index contributed by atoms with van der Waals surface area (Å²) in [4.78, 5) is 30.7. The number of carbonyl (C=O) groups is 2. The van der Waals surface area contributed by atoms with E-state index in [1.165, 1.54) is 11.3 Å². The number of rotatable bonds is 9. The predicted molar refractivity (Wildman–Crippen MR) is 122 cm³/mol. The van der Waals surface area contributed by atoms with Crippen molar-refractivity contribution in [3.05, 3.63) is 76.2 Å². The van der Waals surface area contributed by atoms with Crippen LogP contribution in [0.15, 0.2) is 65.8 Å². The van der Waals surface area contributed by atoms with Gasteiger partial charge in [0.05, 0.1) is 29.7 Å². The van der Waals surface area contributed by atoms with E-state index in [0.29, 0.717) is 49.1 Å². The molecule has 8 heteroatoms. The Labute approximate surface area is 191 Å². The molecule has 0 saturated carbocycles. The van der Waals surface area contributed by atoms with Gasteiger partial charge >= 0.3 is 0 Å². The Morgan fingerprint density at radius 1 is 1.25 bits per heavy atom. The highest BCUT2D eigenvalue weighted by Gasteiger charge is 2.44. The lowest BCUT2D eigenvalue weighted by Gasteiger charge is -2.31. The van der Waals surface area contributed by atoms with Gasteiger partial charge in [0.1, 0.15) is 12.4 Å². The summed E-state index contributed by atoms with van der Waals surface area (Å²) in [7, 11) is 0. The van der Waals surface area contributed by atoms with Crippen LogP contribution in [0.2, 0.25) is 0 Å². The van der Waals surface area contributed by atoms with Crippen molar-refractivity contribution in [2.24, 2.45) is 0 Å². The maximum atomic E-state index is 13.3. The minimum atomic E-state index is -0.689. The first-order valence-corrected chi connectivity index (χ1v) is 11.4. The van der Waals surface area contributed by atoms with Crippen molar-refractivity contribution in [1.82, 2.24) is 9.80 Å². The van der Waals surface area contributed by atoms with Gasteiger partial charge in [-0.25, -0.2) is 0 Å². The van der Waals surface area contributed by atoms with Crippen molar-refractivity contribution in [3.63, 3.8) is 0 Å². The Morgan fingerprint density at radius 3 is 2.78 bits per heavy atom. The molecule has 2 aliphatic rings. The molecule has 4 rings (SSSR count). The normalized spacial score (nSPS) is 19.4. The molecule has 7 nitrogen and oxygen atoms in total. The van der Waals surface area contributed by atoms with Crippen LogP contribution < -0.4 is 4.74 Å². The third-order valence-corrected chi connectivity index (χ3v) is 6.46. The van der Waals surface area contributed by atoms with Crippen molar-refractivity contribution in [3.8, 4) is 5.75 Å². The van der Waals surface area contributed by atoms with Crippen LogP contribution in [-0.2, 0) is 9.53 Å². The molecule has 0 unspecified atom stereocenters. The molecule has 3 heterocycles. The topological polar surface area (TPSA) is 79.3 Å². The van der Waals surface area contributed by atoms with Gasteiger partial charge in [0.15, 0.2) is 5.76 Å². The van der Waals surface area contributed by atoms with Gasteiger partial charge in [-0.05, 0) is 29.1 Å². The second-order valence-corrected chi connectivity index (χ2v) is 8.54. The highest BCUT2D eigenvalue weighted by Crippen LogP contribution is 2.40. The number of hydrogen-bond acceptors (Lipinski definition) is 7. The van der Waals surface area contributed by atoms with Crippen molar-refractivity contribution < 1.29 is 24.2 Å². The van der Waals surface area contributed by atoms with Crippen LogP contribution in [0, 0.1) is 0 Å². The zero-order valence-corrected chi connectivity index (χ0v) is 18.6. The van der Waals surface area contributed by atoms with Crippen molar-refractivity contribution >= 4 is 23.0 Å². The highest BCUT2D eigenvalue weighted by atomic mass is 32.1. The van der Waals surface area contributed by atoms with E-state index < -0.39 is 17.7 Å². The summed E-state index contributed by atoms with van der Waals surface area (Å²) < 4.78 is 11.1. The predicted octanol–water partition coefficient (Wildman–Crippen LogP) is 3.22. The fraction of sp³-hybridized carbons (Fsp3) is 0.333. The molecule has 2 aromatic rings. The Hall–Kier alpha value is -2.94. The van der Waals surface area contributed by atoms with Gasteiger partial charge in [-0.3, -0.25) is 14.5 Å². The lowest BCUT2D eigenvalue weighted by molar-refractivity contribution is -0.129. The first-order valence-electron chi connectivity index (χ1n) is 10.6. The molecule has 2 aliphatic heterocycles. The summed E-state index contributed by atoms with van der Waals surface area (Å²) in [6.45, 7) is 7.92. The molecule has 1 aromatic carbocycles. The van der Waals surface area contributed by atoms with E-state index in [2.05, 4.69) is 11.5 Å². The number of Topliss-reactive ketones (excluding diaryl/α,β-unsaturated/α-hetero) is 1. The second kappa shape index (κ2) is 10.1. The molecule has 1 aromatic heterocycles. The van der Waals surface area contributed by atoms with Crippen LogP contribution in [0.3, 0.4) is 0 Å². The molecular weight excluding hydrogens is 428 g/mol. The smallest absolute Gasteiger partial charge is 0.290 e. The Morgan fingerprint density at radius 2 is 2.06 bits per heavy atom. The Balaban J connectivity index is 1.67. The van der Waals surface area contributed by atoms with Crippen LogP contribution in [0.1, 0.15) is 21.3 Å². The molecule has 1 N–H and O–H groups in total. The van der Waals surface area contributed by atoms with Gasteiger partial charge in [-0.1, -0.05) is 30.9 Å². The lowest BCUT2D eigenvalue weighted by Crippen LogP contribution is -2.43. The number of morpholine rings is 1. The van der Waals surface area contributed by atoms with Gasteiger partial charge in [0.25, 0.3) is 5.91 Å². The van der Waals surface area contributed by atoms with E-state index in [0.717, 1.165) is 13.1 Å². The maximum absolute atomic E-state index is 13.3. The van der Waals surface area contributed by atoms with E-state index in [1.807, 2.05) is 24.3 Å². The largest absolute Gasteiger partial charge is 0.503 e. The number of aliphatic hydroxyl groups excluding tert-OH is 1. The summed E-state index contributed by atoms with van der Waals surface area (Å²) in [6.07, 6.45) is 1.65. The number of nitrogens with zero attached hydrogens (tertiary/aromatic N) is 2. The summed E-state index contributed by atoms with van der Waals surface area (Å²) in [5.41, 5.74) is 0.825. The van der Waals surface area contributed by atoms with E-state index in [-0.39, 0.29) is 11.4 Å². The molecule has 32 heavy (non-hydrogen) atoms. The standard InChI is InChI=1S/C24H26N2O5S/c1-2-12-31-18-6-3-5-17(16-18)21-20(22(27)19-7-4-15-32-19)23(28)24(29)26(21)9-8-25-10-13-30-14-11-25/h2-7,15-16,21,28H,1,8-14H2/t21-/m0/s1. The van der Waals surface area contributed by atoms with Gasteiger partial charge in [0.2, 0.25) is 5.78 Å². The molecule has 0 bridgehead atoms. The third-order valence-electron chi connectivity index (χ3n) is 5.60. The number of hydrogen-bond donors (Lipinski definition) is 1. The molecule has 0 aliphatic carbocycles. The van der Waals surface area contributed by atoms with Crippen LogP contribution in [0.4, 0.5) is 0 Å². The number of carbonyl (C=O) groups excluding carboxylic acids is 2. The van der Waals surface area contributed by atoms with Crippen LogP contribution in [0.5, 0.6) is 5.75 Å². The average molecular weight is 455 g/mol. The number of ether oxygens (including phenoxy) is 2. The number of benzene rings is 1. The van der Waals surface area contributed by atoms with E-state index >= 15 is 0 Å². The zero-order valence-electron chi connectivity index (χ0n) is 17.7. The van der Waals surface area contributed by atoms with Gasteiger partial charge in [0, 0.05) is 26.2 Å². The molecule has 1 saturated heterocycles. The lowest BCUT2D eigenvalue weighted by atomic mass is 9.95. The Bertz CT molecular complexity index is 1010. The second-order valence-electron chi connectivity index (χ2n) is 7.60. The summed E-state index contributed by atoms with van der Waals surface area (Å²) in [5.74, 6) is -0.729. The molecule has 0 radical (unpaired) electrons. The van der Waals surface area contributed by atoms with E-state index in [4.69, 9.17) is 9.47 Å². The van der Waals surface area contributed by atoms with E-state index in [9.17, 15) is 14.7 Å². The molecule has 1 fully saturated rings. The number of ketones is 1. The van der Waals surface area contributed by atoms with Gasteiger partial charge < -0.3 is 19.5 Å². The molecule has 1 atom stereocenters. The van der Waals surface area contributed by atoms with Crippen LogP contribution in [-0.4, -0.2) is 72.6 Å².